The minimum Gasteiger partial charge on any atom is -0.352 e. The van der Waals surface area contributed by atoms with Gasteiger partial charge in [0.05, 0.1) is 0 Å². The van der Waals surface area contributed by atoms with Crippen molar-refractivity contribution >= 4 is 22.9 Å². The number of carbonyl (C=O) groups excluding carboxylic acids is 1. The summed E-state index contributed by atoms with van der Waals surface area (Å²) in [5, 5.41) is 4.03. The van der Waals surface area contributed by atoms with Gasteiger partial charge in [-0.25, -0.2) is 0 Å². The first-order valence-corrected chi connectivity index (χ1v) is 11.4. The van der Waals surface area contributed by atoms with Gasteiger partial charge in [0.2, 0.25) is 5.91 Å². The molecule has 0 radical (unpaired) electrons. The number of nitrogens with one attached hydrogen (secondary N) is 2. The van der Waals surface area contributed by atoms with Crippen molar-refractivity contribution in [2.75, 3.05) is 6.54 Å². The Labute approximate surface area is 192 Å². The van der Waals surface area contributed by atoms with E-state index < -0.39 is 0 Å². The summed E-state index contributed by atoms with van der Waals surface area (Å²) in [4.78, 5) is 27.8. The largest absolute Gasteiger partial charge is 0.352 e. The molecule has 4 heteroatoms. The molecule has 1 atom stereocenters. The van der Waals surface area contributed by atoms with Crippen molar-refractivity contribution < 1.29 is 4.79 Å². The molecule has 0 saturated heterocycles. The van der Waals surface area contributed by atoms with Gasteiger partial charge in [0.1, 0.15) is 0 Å². The second-order valence-corrected chi connectivity index (χ2v) is 9.00. The molecular formula is C29H24N2O2. The lowest BCUT2D eigenvalue weighted by Gasteiger charge is -2.45. The predicted molar refractivity (Wildman–Crippen MR) is 131 cm³/mol. The van der Waals surface area contributed by atoms with Crippen LogP contribution < -0.4 is 10.9 Å². The zero-order valence-electron chi connectivity index (χ0n) is 18.1. The van der Waals surface area contributed by atoms with Crippen molar-refractivity contribution in [3.05, 3.63) is 123 Å². The Morgan fingerprint density at radius 1 is 0.909 bits per heavy atom. The van der Waals surface area contributed by atoms with Crippen molar-refractivity contribution in [1.82, 2.24) is 10.3 Å². The quantitative estimate of drug-likeness (QED) is 0.448. The maximum absolute atomic E-state index is 12.6. The number of benzene rings is 3. The van der Waals surface area contributed by atoms with Crippen molar-refractivity contribution in [3.63, 3.8) is 0 Å². The van der Waals surface area contributed by atoms with Gasteiger partial charge in [-0.15, -0.1) is 0 Å². The molecule has 0 unspecified atom stereocenters. The number of hydrogen-bond donors (Lipinski definition) is 2. The minimum absolute atomic E-state index is 0.175. The number of para-hydroxylation sites is 1. The Morgan fingerprint density at radius 3 is 2.27 bits per heavy atom. The van der Waals surface area contributed by atoms with Crippen molar-refractivity contribution in [2.24, 2.45) is 5.92 Å². The average molecular weight is 433 g/mol. The average Bonchev–Trinajstić information content (AvgIpc) is 2.86. The zero-order valence-corrected chi connectivity index (χ0v) is 18.1. The summed E-state index contributed by atoms with van der Waals surface area (Å²) >= 11 is 0. The molecule has 1 aromatic heterocycles. The summed E-state index contributed by atoms with van der Waals surface area (Å²) in [6.45, 7) is 0.612. The van der Waals surface area contributed by atoms with E-state index in [1.54, 1.807) is 6.08 Å². The third kappa shape index (κ3) is 3.39. The predicted octanol–water partition coefficient (Wildman–Crippen LogP) is 4.95. The highest BCUT2D eigenvalue weighted by Gasteiger charge is 2.42. The van der Waals surface area contributed by atoms with Crippen molar-refractivity contribution in [3.8, 4) is 0 Å². The highest BCUT2D eigenvalue weighted by atomic mass is 16.1. The molecule has 0 spiro atoms. The summed E-state index contributed by atoms with van der Waals surface area (Å²) in [7, 11) is 0. The number of pyridine rings is 1. The van der Waals surface area contributed by atoms with Crippen LogP contribution in [0.15, 0.2) is 89.7 Å². The fourth-order valence-corrected chi connectivity index (χ4v) is 5.70. The van der Waals surface area contributed by atoms with E-state index >= 15 is 0 Å². The number of amides is 1. The van der Waals surface area contributed by atoms with Crippen molar-refractivity contribution in [1.29, 1.82) is 0 Å². The highest BCUT2D eigenvalue weighted by Crippen LogP contribution is 2.55. The summed E-state index contributed by atoms with van der Waals surface area (Å²) in [6, 6.07) is 26.9. The molecule has 162 valence electrons. The molecule has 3 aliphatic carbocycles. The lowest BCUT2D eigenvalue weighted by Crippen LogP contribution is -2.39. The van der Waals surface area contributed by atoms with Crippen LogP contribution in [0.25, 0.3) is 17.0 Å². The van der Waals surface area contributed by atoms with Crippen LogP contribution in [-0.2, 0) is 4.79 Å². The number of aromatic nitrogens is 1. The lowest BCUT2D eigenvalue weighted by atomic mass is 9.59. The Kier molecular flexibility index (Phi) is 4.72. The fourth-order valence-electron chi connectivity index (χ4n) is 5.70. The second-order valence-electron chi connectivity index (χ2n) is 9.00. The molecule has 1 amide bonds. The maximum atomic E-state index is 12.6. The number of aromatic amines is 1. The van der Waals surface area contributed by atoms with Crippen LogP contribution in [0.3, 0.4) is 0 Å². The molecule has 4 nitrogen and oxygen atoms in total. The molecule has 7 rings (SSSR count). The molecule has 1 heterocycles. The van der Waals surface area contributed by atoms with Gasteiger partial charge in [-0.1, -0.05) is 66.7 Å². The molecule has 0 saturated carbocycles. The van der Waals surface area contributed by atoms with Gasteiger partial charge in [0.15, 0.2) is 0 Å². The lowest BCUT2D eigenvalue weighted by molar-refractivity contribution is -0.116. The van der Waals surface area contributed by atoms with Crippen LogP contribution in [0, 0.1) is 5.92 Å². The summed E-state index contributed by atoms with van der Waals surface area (Å²) in [6.07, 6.45) is 4.09. The van der Waals surface area contributed by atoms with Crippen LogP contribution in [0.5, 0.6) is 0 Å². The molecular weight excluding hydrogens is 408 g/mol. The smallest absolute Gasteiger partial charge is 0.255 e. The molecule has 4 aromatic rings. The summed E-state index contributed by atoms with van der Waals surface area (Å²) in [5.41, 5.74) is 6.71. The number of hydrogen-bond acceptors (Lipinski definition) is 2. The van der Waals surface area contributed by atoms with Gasteiger partial charge in [-0.3, -0.25) is 9.59 Å². The SMILES string of the molecule is O=C(/C=C/c1cc2ccccc2[nH]c1=O)NC[C@H]1CC2c3ccccc3C1c1ccccc12. The molecule has 2 bridgehead atoms. The first-order valence-electron chi connectivity index (χ1n) is 11.4. The van der Waals surface area contributed by atoms with Crippen LogP contribution in [-0.4, -0.2) is 17.4 Å². The Bertz CT molecular complexity index is 1420. The third-order valence-electron chi connectivity index (χ3n) is 7.16. The van der Waals surface area contributed by atoms with Crippen LogP contribution in [0.4, 0.5) is 0 Å². The Morgan fingerprint density at radius 2 is 1.55 bits per heavy atom. The monoisotopic (exact) mass is 432 g/mol. The van der Waals surface area contributed by atoms with Gasteiger partial charge in [0, 0.05) is 35.5 Å². The normalized spacial score (nSPS) is 20.5. The first-order chi connectivity index (χ1) is 16.2. The number of fused-ring (bicyclic) bond motifs is 2. The molecule has 2 N–H and O–H groups in total. The Balaban J connectivity index is 1.20. The van der Waals surface area contributed by atoms with Gasteiger partial charge in [-0.05, 0) is 58.2 Å². The third-order valence-corrected chi connectivity index (χ3v) is 7.16. The highest BCUT2D eigenvalue weighted by molar-refractivity contribution is 5.92. The van der Waals surface area contributed by atoms with Gasteiger partial charge >= 0.3 is 0 Å². The maximum Gasteiger partial charge on any atom is 0.255 e. The minimum atomic E-state index is -0.199. The van der Waals surface area contributed by atoms with Crippen LogP contribution >= 0.6 is 0 Å². The van der Waals surface area contributed by atoms with Crippen molar-refractivity contribution in [2.45, 2.75) is 18.3 Å². The number of carbonyl (C=O) groups is 1. The van der Waals surface area contributed by atoms with Crippen LogP contribution in [0.1, 0.15) is 46.1 Å². The topological polar surface area (TPSA) is 62.0 Å². The van der Waals surface area contributed by atoms with Crippen LogP contribution in [0.2, 0.25) is 0 Å². The van der Waals surface area contributed by atoms with E-state index in [2.05, 4.69) is 58.8 Å². The summed E-state index contributed by atoms with van der Waals surface area (Å²) < 4.78 is 0. The number of rotatable bonds is 4. The zero-order chi connectivity index (χ0) is 22.4. The standard InChI is InChI=1S/C29H24N2O2/c32-27(14-13-19-15-18-7-1-6-12-26(18)31-29(19)33)30-17-20-16-25-21-8-2-4-10-23(21)28(20)24-11-5-3-9-22(24)25/h1-15,20,25,28H,16-17H2,(H,30,32)(H,31,33)/b14-13+/t20-,25?,28?/m1/s1. The summed E-state index contributed by atoms with van der Waals surface area (Å²) in [5.74, 6) is 0.859. The molecule has 0 aliphatic heterocycles. The van der Waals surface area contributed by atoms with Gasteiger partial charge in [-0.2, -0.15) is 0 Å². The number of H-pyrrole nitrogens is 1. The molecule has 33 heavy (non-hydrogen) atoms. The fraction of sp³-hybridized carbons (Fsp3) is 0.172. The van der Waals surface area contributed by atoms with E-state index in [4.69, 9.17) is 0 Å². The second kappa shape index (κ2) is 7.89. The van der Waals surface area contributed by atoms with E-state index in [0.29, 0.717) is 29.9 Å². The Hall–Kier alpha value is -3.92. The molecule has 3 aromatic carbocycles. The van der Waals surface area contributed by atoms with E-state index in [1.165, 1.54) is 28.3 Å². The van der Waals surface area contributed by atoms with Gasteiger partial charge < -0.3 is 10.3 Å². The van der Waals surface area contributed by atoms with E-state index in [0.717, 1.165) is 17.3 Å². The van der Waals surface area contributed by atoms with E-state index in [1.807, 2.05) is 30.3 Å². The van der Waals surface area contributed by atoms with Gasteiger partial charge in [0.25, 0.3) is 5.56 Å². The molecule has 0 fully saturated rings. The molecule has 3 aliphatic rings. The van der Waals surface area contributed by atoms with E-state index in [-0.39, 0.29) is 11.5 Å². The first kappa shape index (κ1) is 19.7. The van der Waals surface area contributed by atoms with E-state index in [9.17, 15) is 9.59 Å².